The lowest BCUT2D eigenvalue weighted by atomic mass is 10.5. The molecule has 0 bridgehead atoms. The highest BCUT2D eigenvalue weighted by Gasteiger charge is 2.00. The molecule has 7 heteroatoms. The summed E-state index contributed by atoms with van der Waals surface area (Å²) in [6, 6.07) is -0.383. The summed E-state index contributed by atoms with van der Waals surface area (Å²) < 4.78 is 0. The van der Waals surface area contributed by atoms with Gasteiger partial charge in [-0.15, -0.1) is 0 Å². The third kappa shape index (κ3) is 4.89. The Kier molecular flexibility index (Phi) is 4.71. The van der Waals surface area contributed by atoms with Gasteiger partial charge in [0.1, 0.15) is 0 Å². The minimum absolute atomic E-state index is 0.129. The highest BCUT2D eigenvalue weighted by Crippen LogP contribution is 1.95. The first-order valence-corrected chi connectivity index (χ1v) is 4.74. The predicted molar refractivity (Wildman–Crippen MR) is 57.7 cm³/mol. The van der Waals surface area contributed by atoms with Crippen LogP contribution in [-0.2, 0) is 4.79 Å². The van der Waals surface area contributed by atoms with Crippen molar-refractivity contribution in [3.05, 3.63) is 18.6 Å². The van der Waals surface area contributed by atoms with Crippen LogP contribution in [0.1, 0.15) is 6.92 Å². The molecule has 16 heavy (non-hydrogen) atoms. The van der Waals surface area contributed by atoms with Crippen molar-refractivity contribution in [1.82, 2.24) is 20.6 Å². The number of urea groups is 1. The maximum atomic E-state index is 11.3. The van der Waals surface area contributed by atoms with Crippen molar-refractivity contribution in [2.75, 3.05) is 18.4 Å². The molecule has 0 fully saturated rings. The Morgan fingerprint density at radius 3 is 2.62 bits per heavy atom. The van der Waals surface area contributed by atoms with Gasteiger partial charge in [0.25, 0.3) is 0 Å². The summed E-state index contributed by atoms with van der Waals surface area (Å²) in [6.07, 6.45) is 4.43. The molecule has 7 nitrogen and oxygen atoms in total. The molecule has 86 valence electrons. The summed E-state index contributed by atoms with van der Waals surface area (Å²) >= 11 is 0. The largest absolute Gasteiger partial charge is 0.355 e. The monoisotopic (exact) mass is 223 g/mol. The molecule has 0 radical (unpaired) electrons. The number of aromatic nitrogens is 2. The quantitative estimate of drug-likeness (QED) is 0.612. The Labute approximate surface area is 92.7 Å². The van der Waals surface area contributed by atoms with Crippen LogP contribution in [0.15, 0.2) is 18.6 Å². The number of hydrogen-bond donors (Lipinski definition) is 3. The molecular formula is C9H13N5O2. The predicted octanol–water partition coefficient (Wildman–Crippen LogP) is -0.266. The smallest absolute Gasteiger partial charge is 0.320 e. The Morgan fingerprint density at radius 2 is 2.00 bits per heavy atom. The fourth-order valence-corrected chi connectivity index (χ4v) is 0.939. The van der Waals surface area contributed by atoms with E-state index >= 15 is 0 Å². The summed E-state index contributed by atoms with van der Waals surface area (Å²) in [5.41, 5.74) is 0. The van der Waals surface area contributed by atoms with Gasteiger partial charge in [-0.05, 0) is 0 Å². The van der Waals surface area contributed by atoms with Crippen LogP contribution in [-0.4, -0.2) is 35.0 Å². The Morgan fingerprint density at radius 1 is 1.25 bits per heavy atom. The number of nitrogens with one attached hydrogen (secondary N) is 3. The van der Waals surface area contributed by atoms with Crippen LogP contribution in [0, 0.1) is 0 Å². The zero-order chi connectivity index (χ0) is 11.8. The lowest BCUT2D eigenvalue weighted by molar-refractivity contribution is -0.118. The van der Waals surface area contributed by atoms with Gasteiger partial charge >= 0.3 is 6.03 Å². The van der Waals surface area contributed by atoms with Crippen LogP contribution in [0.5, 0.6) is 0 Å². The summed E-state index contributed by atoms with van der Waals surface area (Å²) in [4.78, 5) is 29.4. The standard InChI is InChI=1S/C9H13N5O2/c1-7(15)11-4-5-13-9(16)14-8-6-10-2-3-12-8/h2-3,6H,4-5H2,1H3,(H,11,15)(H2,12,13,14,16). The van der Waals surface area contributed by atoms with Crippen molar-refractivity contribution in [3.63, 3.8) is 0 Å². The number of rotatable bonds is 4. The number of amides is 3. The molecule has 0 aliphatic carbocycles. The summed E-state index contributed by atoms with van der Waals surface area (Å²) in [5.74, 6) is 0.246. The van der Waals surface area contributed by atoms with Crippen molar-refractivity contribution in [2.24, 2.45) is 0 Å². The van der Waals surface area contributed by atoms with E-state index in [4.69, 9.17) is 0 Å². The van der Waals surface area contributed by atoms with Crippen LogP contribution in [0.25, 0.3) is 0 Å². The molecule has 0 aliphatic rings. The maximum Gasteiger partial charge on any atom is 0.320 e. The summed E-state index contributed by atoms with van der Waals surface area (Å²) in [7, 11) is 0. The van der Waals surface area contributed by atoms with Gasteiger partial charge in [-0.2, -0.15) is 0 Å². The van der Waals surface area contributed by atoms with Gasteiger partial charge in [-0.25, -0.2) is 9.78 Å². The van der Waals surface area contributed by atoms with Gasteiger partial charge < -0.3 is 10.6 Å². The van der Waals surface area contributed by atoms with Crippen LogP contribution in [0.3, 0.4) is 0 Å². The van der Waals surface area contributed by atoms with E-state index in [2.05, 4.69) is 25.9 Å². The SMILES string of the molecule is CC(=O)NCCNC(=O)Nc1cnccn1. The molecule has 1 heterocycles. The van der Waals surface area contributed by atoms with Gasteiger partial charge in [0.2, 0.25) is 5.91 Å². The first-order chi connectivity index (χ1) is 7.68. The van der Waals surface area contributed by atoms with Crippen molar-refractivity contribution >= 4 is 17.8 Å². The summed E-state index contributed by atoms with van der Waals surface area (Å²) in [5, 5.41) is 7.60. The molecular weight excluding hydrogens is 210 g/mol. The van der Waals surface area contributed by atoms with Crippen molar-refractivity contribution in [3.8, 4) is 0 Å². The zero-order valence-electron chi connectivity index (χ0n) is 8.86. The lowest BCUT2D eigenvalue weighted by Gasteiger charge is -2.06. The molecule has 0 saturated heterocycles. The van der Waals surface area contributed by atoms with Gasteiger partial charge in [0.15, 0.2) is 5.82 Å². The molecule has 1 aromatic heterocycles. The Bertz CT molecular complexity index is 354. The molecule has 0 saturated carbocycles. The molecule has 1 aromatic rings. The number of hydrogen-bond acceptors (Lipinski definition) is 4. The first-order valence-electron chi connectivity index (χ1n) is 4.74. The van der Waals surface area contributed by atoms with Gasteiger partial charge in [0.05, 0.1) is 6.20 Å². The molecule has 3 amide bonds. The molecule has 0 unspecified atom stereocenters. The maximum absolute atomic E-state index is 11.3. The fourth-order valence-electron chi connectivity index (χ4n) is 0.939. The van der Waals surface area contributed by atoms with Crippen LogP contribution in [0.2, 0.25) is 0 Å². The molecule has 3 N–H and O–H groups in total. The Balaban J connectivity index is 2.19. The van der Waals surface area contributed by atoms with E-state index in [1.807, 2.05) is 0 Å². The fraction of sp³-hybridized carbons (Fsp3) is 0.333. The topological polar surface area (TPSA) is 96.0 Å². The van der Waals surface area contributed by atoms with E-state index in [9.17, 15) is 9.59 Å². The van der Waals surface area contributed by atoms with Crippen LogP contribution in [0.4, 0.5) is 10.6 Å². The van der Waals surface area contributed by atoms with Crippen LogP contribution < -0.4 is 16.0 Å². The molecule has 1 rings (SSSR count). The lowest BCUT2D eigenvalue weighted by Crippen LogP contribution is -2.36. The molecule has 0 spiro atoms. The van der Waals surface area contributed by atoms with Gasteiger partial charge in [0, 0.05) is 32.4 Å². The average Bonchev–Trinajstić information content (AvgIpc) is 2.25. The number of carbonyl (C=O) groups is 2. The minimum atomic E-state index is -0.383. The zero-order valence-corrected chi connectivity index (χ0v) is 8.86. The minimum Gasteiger partial charge on any atom is -0.355 e. The van der Waals surface area contributed by atoms with E-state index in [-0.39, 0.29) is 11.9 Å². The Hall–Kier alpha value is -2.18. The van der Waals surface area contributed by atoms with Crippen molar-refractivity contribution in [2.45, 2.75) is 6.92 Å². The number of anilines is 1. The second-order valence-corrected chi connectivity index (χ2v) is 2.95. The average molecular weight is 223 g/mol. The second-order valence-electron chi connectivity index (χ2n) is 2.95. The van der Waals surface area contributed by atoms with E-state index in [1.165, 1.54) is 25.5 Å². The van der Waals surface area contributed by atoms with E-state index in [0.717, 1.165) is 0 Å². The van der Waals surface area contributed by atoms with E-state index in [0.29, 0.717) is 18.9 Å². The van der Waals surface area contributed by atoms with Crippen molar-refractivity contribution < 1.29 is 9.59 Å². The van der Waals surface area contributed by atoms with Gasteiger partial charge in [-0.1, -0.05) is 0 Å². The molecule has 0 atom stereocenters. The first kappa shape index (κ1) is 11.9. The second kappa shape index (κ2) is 6.33. The molecule has 0 aliphatic heterocycles. The third-order valence-corrected chi connectivity index (χ3v) is 1.59. The highest BCUT2D eigenvalue weighted by atomic mass is 16.2. The third-order valence-electron chi connectivity index (χ3n) is 1.59. The van der Waals surface area contributed by atoms with E-state index < -0.39 is 0 Å². The van der Waals surface area contributed by atoms with E-state index in [1.54, 1.807) is 0 Å². The van der Waals surface area contributed by atoms with Crippen molar-refractivity contribution in [1.29, 1.82) is 0 Å². The normalized spacial score (nSPS) is 9.31. The number of carbonyl (C=O) groups excluding carboxylic acids is 2. The molecule has 0 aromatic carbocycles. The van der Waals surface area contributed by atoms with Crippen LogP contribution >= 0.6 is 0 Å². The highest BCUT2D eigenvalue weighted by molar-refractivity contribution is 5.87. The van der Waals surface area contributed by atoms with Gasteiger partial charge in [-0.3, -0.25) is 15.1 Å². The summed E-state index contributed by atoms with van der Waals surface area (Å²) in [6.45, 7) is 2.16. The number of nitrogens with zero attached hydrogens (tertiary/aromatic N) is 2.